The molecule has 3 N–H and O–H groups in total. The quantitative estimate of drug-likeness (QED) is 0.0357. The minimum atomic E-state index is -1.53. The summed E-state index contributed by atoms with van der Waals surface area (Å²) < 4.78 is 12.4. The van der Waals surface area contributed by atoms with E-state index < -0.39 is 17.6 Å². The molecule has 1 aliphatic heterocycles. The third-order valence-electron chi connectivity index (χ3n) is 8.36. The van der Waals surface area contributed by atoms with E-state index in [1.54, 1.807) is 36.4 Å². The highest BCUT2D eigenvalue weighted by molar-refractivity contribution is 6.30. The fraction of sp³-hybridized carbons (Fsp3) is 0.179. The Kier molecular flexibility index (Phi) is 11.1. The Bertz CT molecular complexity index is 1980. The molecule has 5 aromatic rings. The van der Waals surface area contributed by atoms with Crippen LogP contribution in [0.2, 0.25) is 5.02 Å². The van der Waals surface area contributed by atoms with Gasteiger partial charge in [-0.25, -0.2) is 10.4 Å². The maximum absolute atomic E-state index is 14.6. The van der Waals surface area contributed by atoms with Crippen LogP contribution in [0, 0.1) is 0 Å². The van der Waals surface area contributed by atoms with Crippen LogP contribution in [0.15, 0.2) is 138 Å². The molecule has 0 bridgehead atoms. The Labute approximate surface area is 295 Å². The number of nitrogens with one attached hydrogen (secondary N) is 2. The van der Waals surface area contributed by atoms with Crippen LogP contribution < -0.4 is 15.6 Å². The number of hydrazine groups is 1. The standard InChI is InChI=1S/C39H35ClN6O4/c40-33-19-11-27(12-20-33)26-42-45-38(48)39(25-32-9-4-5-10-35(32)44-46-41)36(30-15-13-29(14-16-30)28-7-2-1-3-8-28)50-37(43-39)31-17-21-34(22-18-31)49-24-6-23-47/h1-5,7-22,36,42,47H,6,23-26H2,(H,45,48)/t36-,39-/m0/s1. The molecule has 0 aromatic heterocycles. The van der Waals surface area contributed by atoms with E-state index in [0.717, 1.165) is 22.3 Å². The first kappa shape index (κ1) is 34.2. The van der Waals surface area contributed by atoms with E-state index in [2.05, 4.69) is 20.9 Å². The highest BCUT2D eigenvalue weighted by Gasteiger charge is 2.53. The van der Waals surface area contributed by atoms with Gasteiger partial charge < -0.3 is 14.6 Å². The van der Waals surface area contributed by atoms with Crippen molar-refractivity contribution in [3.05, 3.63) is 165 Å². The molecule has 11 heteroatoms. The van der Waals surface area contributed by atoms with Gasteiger partial charge in [0.15, 0.2) is 11.6 Å². The normalized spacial score (nSPS) is 16.5. The van der Waals surface area contributed by atoms with Crippen molar-refractivity contribution in [1.82, 2.24) is 10.9 Å². The van der Waals surface area contributed by atoms with Gasteiger partial charge in [0, 0.05) is 47.2 Å². The summed E-state index contributed by atoms with van der Waals surface area (Å²) in [5.41, 5.74) is 19.1. The van der Waals surface area contributed by atoms with Crippen molar-refractivity contribution in [1.29, 1.82) is 0 Å². The Morgan fingerprint density at radius 2 is 1.58 bits per heavy atom. The average Bonchev–Trinajstić information content (AvgIpc) is 3.54. The summed E-state index contributed by atoms with van der Waals surface area (Å²) in [6.45, 7) is 0.753. The van der Waals surface area contributed by atoms with E-state index in [0.29, 0.717) is 47.2 Å². The Hall–Kier alpha value is -5.64. The maximum atomic E-state index is 14.6. The second kappa shape index (κ2) is 16.2. The van der Waals surface area contributed by atoms with Crippen molar-refractivity contribution in [2.45, 2.75) is 31.0 Å². The number of aliphatic imine (C=N–C) groups is 1. The number of carbonyl (C=O) groups is 1. The third-order valence-corrected chi connectivity index (χ3v) is 8.61. The zero-order valence-corrected chi connectivity index (χ0v) is 27.8. The van der Waals surface area contributed by atoms with Crippen LogP contribution in [0.1, 0.15) is 34.8 Å². The van der Waals surface area contributed by atoms with Gasteiger partial charge in [0.1, 0.15) is 5.75 Å². The topological polar surface area (TPSA) is 141 Å². The summed E-state index contributed by atoms with van der Waals surface area (Å²) in [5, 5.41) is 13.6. The lowest BCUT2D eigenvalue weighted by atomic mass is 9.81. The molecule has 6 rings (SSSR count). The minimum Gasteiger partial charge on any atom is -0.494 e. The van der Waals surface area contributed by atoms with Crippen LogP contribution in [0.5, 0.6) is 5.75 Å². The number of rotatable bonds is 14. The van der Waals surface area contributed by atoms with Crippen LogP contribution >= 0.6 is 11.6 Å². The number of hydrogen-bond acceptors (Lipinski definition) is 7. The van der Waals surface area contributed by atoms with E-state index in [-0.39, 0.29) is 18.9 Å². The summed E-state index contributed by atoms with van der Waals surface area (Å²) in [6.07, 6.45) is -0.282. The molecule has 0 spiro atoms. The summed E-state index contributed by atoms with van der Waals surface area (Å²) in [7, 11) is 0. The SMILES string of the molecule is [N-]=[N+]=Nc1ccccc1C[C@]1(C(=O)NNCc2ccc(Cl)cc2)N=C(c2ccc(OCCCO)cc2)O[C@H]1c1ccc(-c2ccccc2)cc1. The lowest BCUT2D eigenvalue weighted by Gasteiger charge is -2.31. The fourth-order valence-electron chi connectivity index (χ4n) is 5.80. The lowest BCUT2D eigenvalue weighted by molar-refractivity contribution is -0.130. The molecular weight excluding hydrogens is 652 g/mol. The van der Waals surface area contributed by atoms with Gasteiger partial charge in [0.05, 0.1) is 6.61 Å². The Morgan fingerprint density at radius 1 is 0.900 bits per heavy atom. The summed E-state index contributed by atoms with van der Waals surface area (Å²) >= 11 is 6.07. The van der Waals surface area contributed by atoms with Gasteiger partial charge in [0.2, 0.25) is 5.90 Å². The van der Waals surface area contributed by atoms with Crippen LogP contribution in [-0.4, -0.2) is 35.7 Å². The number of halogens is 1. The molecule has 252 valence electrons. The number of nitrogens with zero attached hydrogens (tertiary/aromatic N) is 4. The van der Waals surface area contributed by atoms with Gasteiger partial charge in [-0.1, -0.05) is 108 Å². The van der Waals surface area contributed by atoms with E-state index in [4.69, 9.17) is 31.2 Å². The average molecular weight is 687 g/mol. The molecule has 0 radical (unpaired) electrons. The number of amides is 1. The zero-order valence-electron chi connectivity index (χ0n) is 27.1. The molecule has 0 saturated heterocycles. The van der Waals surface area contributed by atoms with Gasteiger partial charge in [-0.2, -0.15) is 0 Å². The van der Waals surface area contributed by atoms with Gasteiger partial charge >= 0.3 is 0 Å². The number of benzene rings is 5. The molecule has 0 fully saturated rings. The predicted molar refractivity (Wildman–Crippen MR) is 194 cm³/mol. The Morgan fingerprint density at radius 3 is 2.30 bits per heavy atom. The second-order valence-electron chi connectivity index (χ2n) is 11.7. The molecule has 50 heavy (non-hydrogen) atoms. The molecule has 0 aliphatic carbocycles. The lowest BCUT2D eigenvalue weighted by Crippen LogP contribution is -2.53. The van der Waals surface area contributed by atoms with Gasteiger partial charge in [-0.3, -0.25) is 10.2 Å². The number of aliphatic hydroxyl groups excluding tert-OH is 1. The fourth-order valence-corrected chi connectivity index (χ4v) is 5.92. The maximum Gasteiger partial charge on any atom is 0.266 e. The molecule has 1 aliphatic rings. The van der Waals surface area contributed by atoms with Crippen LogP contribution in [-0.2, 0) is 22.5 Å². The van der Waals surface area contributed by atoms with Gasteiger partial charge in [-0.05, 0) is 69.7 Å². The first-order valence-corrected chi connectivity index (χ1v) is 16.5. The molecular formula is C39H35ClN6O4. The number of aliphatic hydroxyl groups is 1. The first-order valence-electron chi connectivity index (χ1n) is 16.2. The van der Waals surface area contributed by atoms with E-state index in [9.17, 15) is 10.3 Å². The first-order chi connectivity index (χ1) is 24.5. The van der Waals surface area contributed by atoms with Crippen molar-refractivity contribution in [3.63, 3.8) is 0 Å². The number of ether oxygens (including phenoxy) is 2. The monoisotopic (exact) mass is 686 g/mol. The Balaban J connectivity index is 1.41. The van der Waals surface area contributed by atoms with E-state index in [1.807, 2.05) is 91.0 Å². The van der Waals surface area contributed by atoms with Crippen molar-refractivity contribution in [2.75, 3.05) is 13.2 Å². The van der Waals surface area contributed by atoms with Crippen molar-refractivity contribution >= 4 is 29.1 Å². The number of azide groups is 1. The number of carbonyl (C=O) groups excluding carboxylic acids is 1. The van der Waals surface area contributed by atoms with E-state index >= 15 is 0 Å². The van der Waals surface area contributed by atoms with Crippen LogP contribution in [0.25, 0.3) is 21.6 Å². The largest absolute Gasteiger partial charge is 0.494 e. The highest BCUT2D eigenvalue weighted by atomic mass is 35.5. The minimum absolute atomic E-state index is 0.0396. The second-order valence-corrected chi connectivity index (χ2v) is 12.1. The molecule has 10 nitrogen and oxygen atoms in total. The van der Waals surface area contributed by atoms with Crippen molar-refractivity contribution in [3.8, 4) is 16.9 Å². The molecule has 1 heterocycles. The van der Waals surface area contributed by atoms with Crippen LogP contribution in [0.3, 0.4) is 0 Å². The number of hydrogen-bond donors (Lipinski definition) is 3. The summed E-state index contributed by atoms with van der Waals surface area (Å²) in [4.78, 5) is 22.7. The molecule has 5 aromatic carbocycles. The molecule has 0 unspecified atom stereocenters. The zero-order chi connectivity index (χ0) is 34.8. The van der Waals surface area contributed by atoms with Crippen molar-refractivity contribution < 1.29 is 19.4 Å². The highest BCUT2D eigenvalue weighted by Crippen LogP contribution is 2.44. The third kappa shape index (κ3) is 7.97. The molecule has 2 atom stereocenters. The van der Waals surface area contributed by atoms with E-state index in [1.165, 1.54) is 0 Å². The molecule has 1 amide bonds. The van der Waals surface area contributed by atoms with Gasteiger partial charge in [-0.15, -0.1) is 0 Å². The smallest absolute Gasteiger partial charge is 0.266 e. The summed E-state index contributed by atoms with van der Waals surface area (Å²) in [5.74, 6) is 0.476. The summed E-state index contributed by atoms with van der Waals surface area (Å²) in [6, 6.07) is 39.6. The predicted octanol–water partition coefficient (Wildman–Crippen LogP) is 8.03. The molecule has 0 saturated carbocycles. The van der Waals surface area contributed by atoms with Crippen LogP contribution in [0.4, 0.5) is 5.69 Å². The van der Waals surface area contributed by atoms with Crippen molar-refractivity contribution in [2.24, 2.45) is 10.1 Å². The van der Waals surface area contributed by atoms with Gasteiger partial charge in [0.25, 0.3) is 5.91 Å².